The molecule has 0 saturated carbocycles. The molecule has 22 heavy (non-hydrogen) atoms. The van der Waals surface area contributed by atoms with Crippen LogP contribution in [0.3, 0.4) is 0 Å². The maximum atomic E-state index is 12.1. The second-order valence-corrected chi connectivity index (χ2v) is 4.72. The summed E-state index contributed by atoms with van der Waals surface area (Å²) in [6.07, 6.45) is 0. The zero-order valence-corrected chi connectivity index (χ0v) is 11.5. The van der Waals surface area contributed by atoms with Crippen LogP contribution in [0.15, 0.2) is 75.9 Å². The fourth-order valence-corrected chi connectivity index (χ4v) is 2.32. The highest BCUT2D eigenvalue weighted by atomic mass is 16.4. The third kappa shape index (κ3) is 2.54. The Balaban J connectivity index is 2.18. The van der Waals surface area contributed by atoms with Gasteiger partial charge >= 0.3 is 11.6 Å². The SMILES string of the molecule is O=C(O)c1ccc(-c2ccccc2-c2ccccc2)c(=O)o1. The fraction of sp³-hybridized carbons (Fsp3) is 0. The van der Waals surface area contributed by atoms with E-state index in [9.17, 15) is 9.59 Å². The maximum absolute atomic E-state index is 12.1. The molecule has 0 atom stereocenters. The Kier molecular flexibility index (Phi) is 3.58. The summed E-state index contributed by atoms with van der Waals surface area (Å²) in [5.74, 6) is -1.63. The smallest absolute Gasteiger partial charge is 0.371 e. The highest BCUT2D eigenvalue weighted by Crippen LogP contribution is 2.30. The Morgan fingerprint density at radius 1 is 0.773 bits per heavy atom. The number of hydrogen-bond donors (Lipinski definition) is 1. The van der Waals surface area contributed by atoms with Crippen LogP contribution in [0, 0.1) is 0 Å². The highest BCUT2D eigenvalue weighted by molar-refractivity contribution is 5.86. The Bertz CT molecular complexity index is 879. The quantitative estimate of drug-likeness (QED) is 0.799. The average Bonchev–Trinajstić information content (AvgIpc) is 2.55. The van der Waals surface area contributed by atoms with Gasteiger partial charge in [0.25, 0.3) is 0 Å². The van der Waals surface area contributed by atoms with Gasteiger partial charge in [-0.15, -0.1) is 0 Å². The van der Waals surface area contributed by atoms with Gasteiger partial charge in [0, 0.05) is 0 Å². The minimum atomic E-state index is -1.26. The number of carbonyl (C=O) groups is 1. The lowest BCUT2D eigenvalue weighted by Crippen LogP contribution is -2.08. The van der Waals surface area contributed by atoms with Gasteiger partial charge < -0.3 is 9.52 Å². The summed E-state index contributed by atoms with van der Waals surface area (Å²) in [6, 6.07) is 19.9. The number of carboxylic acid groups (broad SMARTS) is 1. The van der Waals surface area contributed by atoms with Crippen LogP contribution >= 0.6 is 0 Å². The second kappa shape index (κ2) is 5.69. The predicted octanol–water partition coefficient (Wildman–Crippen LogP) is 3.67. The fourth-order valence-electron chi connectivity index (χ4n) is 2.32. The van der Waals surface area contributed by atoms with E-state index in [0.717, 1.165) is 11.1 Å². The summed E-state index contributed by atoms with van der Waals surface area (Å²) in [5, 5.41) is 8.87. The molecule has 1 heterocycles. The first-order chi connectivity index (χ1) is 10.7. The minimum absolute atomic E-state index is 0.337. The van der Waals surface area contributed by atoms with Crippen molar-refractivity contribution in [1.82, 2.24) is 0 Å². The van der Waals surface area contributed by atoms with Gasteiger partial charge in [-0.05, 0) is 28.8 Å². The first kappa shape index (κ1) is 13.8. The van der Waals surface area contributed by atoms with E-state index in [-0.39, 0.29) is 5.76 Å². The summed E-state index contributed by atoms with van der Waals surface area (Å²) in [6.45, 7) is 0. The Hall–Kier alpha value is -3.14. The van der Waals surface area contributed by atoms with Crippen LogP contribution in [-0.2, 0) is 0 Å². The average molecular weight is 292 g/mol. The number of carboxylic acids is 1. The molecule has 4 nitrogen and oxygen atoms in total. The van der Waals surface area contributed by atoms with Crippen LogP contribution < -0.4 is 5.63 Å². The molecule has 0 aliphatic heterocycles. The number of hydrogen-bond acceptors (Lipinski definition) is 3. The van der Waals surface area contributed by atoms with E-state index in [2.05, 4.69) is 0 Å². The van der Waals surface area contributed by atoms with Crippen molar-refractivity contribution in [2.75, 3.05) is 0 Å². The molecule has 1 aromatic heterocycles. The van der Waals surface area contributed by atoms with Crippen molar-refractivity contribution in [1.29, 1.82) is 0 Å². The highest BCUT2D eigenvalue weighted by Gasteiger charge is 2.14. The Morgan fingerprint density at radius 3 is 2.05 bits per heavy atom. The van der Waals surface area contributed by atoms with Crippen molar-refractivity contribution in [3.05, 3.63) is 82.9 Å². The summed E-state index contributed by atoms with van der Waals surface area (Å²) in [7, 11) is 0. The topological polar surface area (TPSA) is 67.5 Å². The van der Waals surface area contributed by atoms with Crippen LogP contribution in [0.5, 0.6) is 0 Å². The van der Waals surface area contributed by atoms with Crippen molar-refractivity contribution < 1.29 is 14.3 Å². The molecule has 0 radical (unpaired) electrons. The third-order valence-corrected chi connectivity index (χ3v) is 3.34. The van der Waals surface area contributed by atoms with Crippen molar-refractivity contribution in [3.63, 3.8) is 0 Å². The number of benzene rings is 2. The van der Waals surface area contributed by atoms with Crippen LogP contribution in [0.4, 0.5) is 0 Å². The Labute approximate surface area is 126 Å². The summed E-state index contributed by atoms with van der Waals surface area (Å²) >= 11 is 0. The van der Waals surface area contributed by atoms with E-state index in [4.69, 9.17) is 9.52 Å². The van der Waals surface area contributed by atoms with Gasteiger partial charge in [0.15, 0.2) is 0 Å². The summed E-state index contributed by atoms with van der Waals surface area (Å²) in [4.78, 5) is 23.0. The lowest BCUT2D eigenvalue weighted by atomic mass is 9.95. The molecule has 0 aliphatic carbocycles. The summed E-state index contributed by atoms with van der Waals surface area (Å²) in [5.41, 5.74) is 2.24. The van der Waals surface area contributed by atoms with Crippen LogP contribution in [0.25, 0.3) is 22.3 Å². The number of rotatable bonds is 3. The van der Waals surface area contributed by atoms with E-state index < -0.39 is 11.6 Å². The molecule has 0 unspecified atom stereocenters. The molecule has 0 amide bonds. The molecule has 2 aromatic carbocycles. The standard InChI is InChI=1S/C18H12O4/c19-17(20)16-11-10-15(18(21)22-16)14-9-5-4-8-13(14)12-6-2-1-3-7-12/h1-11H,(H,19,20). The van der Waals surface area contributed by atoms with Gasteiger partial charge in [0.05, 0.1) is 5.56 Å². The molecule has 1 N–H and O–H groups in total. The zero-order valence-electron chi connectivity index (χ0n) is 11.5. The van der Waals surface area contributed by atoms with Crippen molar-refractivity contribution in [2.45, 2.75) is 0 Å². The zero-order chi connectivity index (χ0) is 15.5. The van der Waals surface area contributed by atoms with Gasteiger partial charge in [-0.3, -0.25) is 0 Å². The van der Waals surface area contributed by atoms with E-state index in [1.165, 1.54) is 12.1 Å². The molecule has 4 heteroatoms. The largest absolute Gasteiger partial charge is 0.475 e. The van der Waals surface area contributed by atoms with Crippen LogP contribution in [-0.4, -0.2) is 11.1 Å². The second-order valence-electron chi connectivity index (χ2n) is 4.72. The molecule has 0 fully saturated rings. The van der Waals surface area contributed by atoms with Gasteiger partial charge in [-0.1, -0.05) is 54.6 Å². The van der Waals surface area contributed by atoms with E-state index >= 15 is 0 Å². The van der Waals surface area contributed by atoms with E-state index in [1.807, 2.05) is 54.6 Å². The first-order valence-electron chi connectivity index (χ1n) is 6.69. The van der Waals surface area contributed by atoms with Crippen LogP contribution in [0.2, 0.25) is 0 Å². The molecule has 0 aliphatic rings. The molecule has 0 bridgehead atoms. The van der Waals surface area contributed by atoms with Crippen molar-refractivity contribution in [3.8, 4) is 22.3 Å². The molecule has 108 valence electrons. The predicted molar refractivity (Wildman–Crippen MR) is 82.8 cm³/mol. The maximum Gasteiger partial charge on any atom is 0.371 e. The molecule has 3 aromatic rings. The molecule has 0 saturated heterocycles. The minimum Gasteiger partial charge on any atom is -0.475 e. The molecular weight excluding hydrogens is 280 g/mol. The Morgan fingerprint density at radius 2 is 1.41 bits per heavy atom. The van der Waals surface area contributed by atoms with Gasteiger partial charge in [0.2, 0.25) is 5.76 Å². The molecule has 0 spiro atoms. The monoisotopic (exact) mass is 292 g/mol. The van der Waals surface area contributed by atoms with Crippen LogP contribution in [0.1, 0.15) is 10.6 Å². The van der Waals surface area contributed by atoms with Crippen molar-refractivity contribution >= 4 is 5.97 Å². The summed E-state index contributed by atoms with van der Waals surface area (Å²) < 4.78 is 4.86. The van der Waals surface area contributed by atoms with Gasteiger partial charge in [-0.2, -0.15) is 0 Å². The molecular formula is C18H12O4. The van der Waals surface area contributed by atoms with Crippen molar-refractivity contribution in [2.24, 2.45) is 0 Å². The van der Waals surface area contributed by atoms with Gasteiger partial charge in [0.1, 0.15) is 0 Å². The molecule has 3 rings (SSSR count). The lowest BCUT2D eigenvalue weighted by molar-refractivity contribution is 0.0657. The van der Waals surface area contributed by atoms with E-state index in [0.29, 0.717) is 11.1 Å². The van der Waals surface area contributed by atoms with Gasteiger partial charge in [-0.25, -0.2) is 9.59 Å². The third-order valence-electron chi connectivity index (χ3n) is 3.34. The normalized spacial score (nSPS) is 10.4. The number of aromatic carboxylic acids is 1. The first-order valence-corrected chi connectivity index (χ1v) is 6.69. The van der Waals surface area contributed by atoms with E-state index in [1.54, 1.807) is 0 Å². The lowest BCUT2D eigenvalue weighted by Gasteiger charge is -2.09.